The summed E-state index contributed by atoms with van der Waals surface area (Å²) in [5.41, 5.74) is 5.49. The third kappa shape index (κ3) is 4.38. The number of thiophene rings is 1. The first kappa shape index (κ1) is 25.9. The van der Waals surface area contributed by atoms with Crippen LogP contribution in [0.5, 0.6) is 5.75 Å². The zero-order valence-corrected chi connectivity index (χ0v) is 23.6. The molecule has 1 aliphatic rings. The summed E-state index contributed by atoms with van der Waals surface area (Å²) in [6.07, 6.45) is 4.93. The van der Waals surface area contributed by atoms with Gasteiger partial charge in [0.2, 0.25) is 5.91 Å². The molecule has 0 fully saturated rings. The minimum atomic E-state index is -0.374. The average molecular weight is 557 g/mol. The van der Waals surface area contributed by atoms with E-state index in [9.17, 15) is 9.18 Å². The van der Waals surface area contributed by atoms with Crippen molar-refractivity contribution in [3.05, 3.63) is 72.3 Å². The normalized spacial score (nSPS) is 15.1. The van der Waals surface area contributed by atoms with Crippen molar-refractivity contribution < 1.29 is 13.9 Å². The Kier molecular flexibility index (Phi) is 6.50. The first-order valence-corrected chi connectivity index (χ1v) is 14.0. The van der Waals surface area contributed by atoms with E-state index < -0.39 is 0 Å². The predicted molar refractivity (Wildman–Crippen MR) is 155 cm³/mol. The van der Waals surface area contributed by atoms with Crippen LogP contribution in [0.1, 0.15) is 32.5 Å². The highest BCUT2D eigenvalue weighted by Gasteiger charge is 2.30. The van der Waals surface area contributed by atoms with E-state index in [4.69, 9.17) is 14.8 Å². The van der Waals surface area contributed by atoms with Crippen molar-refractivity contribution in [2.24, 2.45) is 7.05 Å². The molecule has 204 valence electrons. The number of benzene rings is 1. The summed E-state index contributed by atoms with van der Waals surface area (Å²) in [5.74, 6) is -0.0375. The van der Waals surface area contributed by atoms with Gasteiger partial charge in [-0.25, -0.2) is 9.37 Å². The number of nitrogens with zero attached hydrogens (tertiary/aromatic N) is 6. The van der Waals surface area contributed by atoms with Gasteiger partial charge < -0.3 is 9.64 Å². The third-order valence-corrected chi connectivity index (χ3v) is 8.05. The second-order valence-corrected chi connectivity index (χ2v) is 11.1. The lowest BCUT2D eigenvalue weighted by Gasteiger charge is -2.33. The van der Waals surface area contributed by atoms with E-state index in [1.165, 1.54) is 18.2 Å². The van der Waals surface area contributed by atoms with Crippen LogP contribution in [0.15, 0.2) is 60.8 Å². The van der Waals surface area contributed by atoms with Gasteiger partial charge in [0.25, 0.3) is 0 Å². The van der Waals surface area contributed by atoms with Crippen LogP contribution < -0.4 is 4.74 Å². The smallest absolute Gasteiger partial charge is 0.246 e. The molecule has 1 aromatic carbocycles. The van der Waals surface area contributed by atoms with E-state index in [0.717, 1.165) is 38.2 Å². The largest absolute Gasteiger partial charge is 0.490 e. The predicted octanol–water partition coefficient (Wildman–Crippen LogP) is 6.24. The molecule has 1 aliphatic heterocycles. The standard InChI is InChI=1S/C30H29FN6O2S/c1-6-26(38)36-10-11-37-24(18(36)4)14-23(34-37)29-27(21-8-7-20(31)13-25(21)39-17(2)3)30-22(9-12-40-30)28(33-29)19-15-32-35(5)16-19/h6-9,12-18H,1,10-11H2,2-5H3/t18-/m0/s1. The van der Waals surface area contributed by atoms with Crippen LogP contribution >= 0.6 is 11.3 Å². The molecule has 10 heteroatoms. The molecule has 0 bridgehead atoms. The number of fused-ring (bicyclic) bond motifs is 2. The highest BCUT2D eigenvalue weighted by molar-refractivity contribution is 7.18. The number of rotatable bonds is 6. The van der Waals surface area contributed by atoms with E-state index >= 15 is 0 Å². The molecule has 0 N–H and O–H groups in total. The number of pyridine rings is 1. The van der Waals surface area contributed by atoms with Gasteiger partial charge in [-0.05, 0) is 56.5 Å². The lowest BCUT2D eigenvalue weighted by atomic mass is 9.97. The molecule has 8 nitrogen and oxygen atoms in total. The Morgan fingerprint density at radius 1 is 1.23 bits per heavy atom. The van der Waals surface area contributed by atoms with Crippen molar-refractivity contribution >= 4 is 27.3 Å². The first-order valence-electron chi connectivity index (χ1n) is 13.1. The SMILES string of the molecule is C=CC(=O)N1CCn2nc(-c3nc(-c4cnn(C)c4)c4ccsc4c3-c3ccc(F)cc3OC(C)C)cc2[C@@H]1C. The summed E-state index contributed by atoms with van der Waals surface area (Å²) in [5, 5.41) is 12.4. The monoisotopic (exact) mass is 556 g/mol. The molecule has 0 unspecified atom stereocenters. The van der Waals surface area contributed by atoms with Crippen molar-refractivity contribution in [3.63, 3.8) is 0 Å². The Balaban J connectivity index is 1.63. The van der Waals surface area contributed by atoms with Gasteiger partial charge in [0.15, 0.2) is 0 Å². The Morgan fingerprint density at radius 2 is 2.05 bits per heavy atom. The van der Waals surface area contributed by atoms with Crippen molar-refractivity contribution in [2.75, 3.05) is 6.54 Å². The molecule has 1 atom stereocenters. The number of ether oxygens (including phenoxy) is 1. The van der Waals surface area contributed by atoms with Crippen LogP contribution in [0.25, 0.3) is 43.9 Å². The van der Waals surface area contributed by atoms with E-state index in [1.54, 1.807) is 33.2 Å². The number of carbonyl (C=O) groups is 1. The Hall–Kier alpha value is -4.31. The molecule has 5 aromatic rings. The molecule has 4 aromatic heterocycles. The van der Waals surface area contributed by atoms with Crippen LogP contribution in [0.2, 0.25) is 0 Å². The van der Waals surface area contributed by atoms with Gasteiger partial charge in [-0.15, -0.1) is 11.3 Å². The average Bonchev–Trinajstić information content (AvgIpc) is 3.67. The van der Waals surface area contributed by atoms with Gasteiger partial charge in [-0.1, -0.05) is 6.58 Å². The summed E-state index contributed by atoms with van der Waals surface area (Å²) < 4.78 is 25.2. The number of aromatic nitrogens is 5. The number of hydrogen-bond acceptors (Lipinski definition) is 6. The van der Waals surface area contributed by atoms with Gasteiger partial charge in [0.1, 0.15) is 23.0 Å². The van der Waals surface area contributed by atoms with Crippen LogP contribution in [-0.2, 0) is 18.4 Å². The van der Waals surface area contributed by atoms with Crippen LogP contribution in [0.3, 0.4) is 0 Å². The fourth-order valence-electron chi connectivity index (χ4n) is 5.31. The van der Waals surface area contributed by atoms with Crippen molar-refractivity contribution in [2.45, 2.75) is 39.5 Å². The maximum absolute atomic E-state index is 14.5. The summed E-state index contributed by atoms with van der Waals surface area (Å²) in [6, 6.07) is 8.48. The lowest BCUT2D eigenvalue weighted by Crippen LogP contribution is -2.40. The van der Waals surface area contributed by atoms with Gasteiger partial charge >= 0.3 is 0 Å². The molecule has 0 saturated carbocycles. The molecule has 0 spiro atoms. The zero-order valence-electron chi connectivity index (χ0n) is 22.8. The molecule has 40 heavy (non-hydrogen) atoms. The van der Waals surface area contributed by atoms with Gasteiger partial charge in [-0.3, -0.25) is 14.2 Å². The fourth-order valence-corrected chi connectivity index (χ4v) is 6.27. The van der Waals surface area contributed by atoms with E-state index in [0.29, 0.717) is 30.2 Å². The highest BCUT2D eigenvalue weighted by Crippen LogP contribution is 2.46. The number of halogens is 1. The lowest BCUT2D eigenvalue weighted by molar-refractivity contribution is -0.129. The van der Waals surface area contributed by atoms with E-state index in [2.05, 4.69) is 11.7 Å². The molecule has 0 aliphatic carbocycles. The Bertz CT molecular complexity index is 1770. The number of amides is 1. The van der Waals surface area contributed by atoms with Crippen molar-refractivity contribution in [1.29, 1.82) is 0 Å². The fraction of sp³-hybridized carbons (Fsp3) is 0.267. The Morgan fingerprint density at radius 3 is 2.77 bits per heavy atom. The molecule has 0 saturated heterocycles. The molecule has 6 rings (SSSR count). The maximum Gasteiger partial charge on any atom is 0.246 e. The minimum absolute atomic E-state index is 0.110. The van der Waals surface area contributed by atoms with Crippen molar-refractivity contribution in [3.8, 4) is 39.5 Å². The van der Waals surface area contributed by atoms with Gasteiger partial charge in [-0.2, -0.15) is 10.2 Å². The third-order valence-electron chi connectivity index (χ3n) is 7.12. The summed E-state index contributed by atoms with van der Waals surface area (Å²) in [7, 11) is 1.87. The van der Waals surface area contributed by atoms with Crippen LogP contribution in [-0.4, -0.2) is 48.0 Å². The summed E-state index contributed by atoms with van der Waals surface area (Å²) in [6.45, 7) is 10.6. The van der Waals surface area contributed by atoms with E-state index in [-0.39, 0.29) is 23.9 Å². The zero-order chi connectivity index (χ0) is 28.1. The maximum atomic E-state index is 14.5. The van der Waals surface area contributed by atoms with E-state index in [1.807, 2.05) is 56.2 Å². The summed E-state index contributed by atoms with van der Waals surface area (Å²) >= 11 is 1.59. The second-order valence-electron chi connectivity index (χ2n) is 10.1. The van der Waals surface area contributed by atoms with Crippen LogP contribution in [0, 0.1) is 5.82 Å². The molecule has 0 radical (unpaired) electrons. The molecule has 1 amide bonds. The molecular formula is C30H29FN6O2S. The highest BCUT2D eigenvalue weighted by atomic mass is 32.1. The molecular weight excluding hydrogens is 527 g/mol. The number of aryl methyl sites for hydroxylation is 1. The quantitative estimate of drug-likeness (QED) is 0.231. The minimum Gasteiger partial charge on any atom is -0.490 e. The van der Waals surface area contributed by atoms with Crippen molar-refractivity contribution in [1.82, 2.24) is 29.4 Å². The molecule has 5 heterocycles. The Labute approximate surface area is 235 Å². The second kappa shape index (κ2) is 10.0. The summed E-state index contributed by atoms with van der Waals surface area (Å²) in [4.78, 5) is 19.5. The van der Waals surface area contributed by atoms with Crippen LogP contribution in [0.4, 0.5) is 4.39 Å². The number of carbonyl (C=O) groups excluding carboxylic acids is 1. The van der Waals surface area contributed by atoms with Gasteiger partial charge in [0.05, 0.1) is 36.3 Å². The topological polar surface area (TPSA) is 78.1 Å². The number of hydrogen-bond donors (Lipinski definition) is 0. The van der Waals surface area contributed by atoms with Gasteiger partial charge in [0, 0.05) is 52.6 Å². The first-order chi connectivity index (χ1) is 19.2.